The maximum absolute atomic E-state index is 12.7. The molecule has 0 spiro atoms. The van der Waals surface area contributed by atoms with Crippen molar-refractivity contribution in [2.75, 3.05) is 13.1 Å². The van der Waals surface area contributed by atoms with Crippen molar-refractivity contribution in [2.45, 2.75) is 56.7 Å². The minimum absolute atomic E-state index is 0.0183. The summed E-state index contributed by atoms with van der Waals surface area (Å²) in [6.45, 7) is 4.37. The van der Waals surface area contributed by atoms with Gasteiger partial charge in [-0.3, -0.25) is 4.79 Å². The van der Waals surface area contributed by atoms with Crippen molar-refractivity contribution in [3.05, 3.63) is 29.8 Å². The fourth-order valence-electron chi connectivity index (χ4n) is 3.69. The number of hydrogen-bond acceptors (Lipinski definition) is 5. The van der Waals surface area contributed by atoms with E-state index in [9.17, 15) is 14.9 Å². The number of ether oxygens (including phenoxy) is 1. The smallest absolute Gasteiger partial charge is 0.347 e. The van der Waals surface area contributed by atoms with Crippen LogP contribution in [0.4, 0.5) is 0 Å². The first-order chi connectivity index (χ1) is 12.8. The molecular weight excluding hydrogens is 346 g/mol. The summed E-state index contributed by atoms with van der Waals surface area (Å²) in [6.07, 6.45) is 2.33. The zero-order valence-electron chi connectivity index (χ0n) is 15.6. The third-order valence-electron chi connectivity index (χ3n) is 5.35. The zero-order valence-corrected chi connectivity index (χ0v) is 15.6. The quantitative estimate of drug-likeness (QED) is 0.819. The van der Waals surface area contributed by atoms with E-state index < -0.39 is 11.6 Å². The topological polar surface area (TPSA) is 103 Å². The maximum Gasteiger partial charge on any atom is 0.347 e. The Morgan fingerprint density at radius 2 is 2.04 bits per heavy atom. The van der Waals surface area contributed by atoms with Gasteiger partial charge in [-0.2, -0.15) is 5.26 Å². The first kappa shape index (κ1) is 19.2. The highest BCUT2D eigenvalue weighted by atomic mass is 16.5. The number of nitrogens with zero attached hydrogens (tertiary/aromatic N) is 2. The van der Waals surface area contributed by atoms with Crippen molar-refractivity contribution in [2.24, 2.45) is 0 Å². The van der Waals surface area contributed by atoms with E-state index in [1.807, 2.05) is 12.1 Å². The van der Waals surface area contributed by atoms with Crippen LogP contribution >= 0.6 is 0 Å². The van der Waals surface area contributed by atoms with Crippen molar-refractivity contribution < 1.29 is 19.4 Å². The molecule has 2 N–H and O–H groups in total. The van der Waals surface area contributed by atoms with Gasteiger partial charge in [0.05, 0.1) is 12.1 Å². The Hall–Kier alpha value is -2.59. The van der Waals surface area contributed by atoms with Gasteiger partial charge in [-0.05, 0) is 56.7 Å². The number of carboxylic acids is 1. The van der Waals surface area contributed by atoms with Crippen molar-refractivity contribution in [3.63, 3.8) is 0 Å². The highest BCUT2D eigenvalue weighted by Gasteiger charge is 2.37. The number of rotatable bonds is 5. The molecule has 0 aliphatic carbocycles. The normalized spacial score (nSPS) is 25.2. The number of carbonyl (C=O) groups excluding carboxylic acids is 1. The van der Waals surface area contributed by atoms with Crippen LogP contribution in [0.15, 0.2) is 24.3 Å². The number of nitrogens with one attached hydrogen (secondary N) is 1. The number of carbonyl (C=O) groups is 2. The van der Waals surface area contributed by atoms with E-state index in [1.54, 1.807) is 17.0 Å². The van der Waals surface area contributed by atoms with Gasteiger partial charge in [-0.25, -0.2) is 4.79 Å². The summed E-state index contributed by atoms with van der Waals surface area (Å²) in [6, 6.07) is 9.02. The number of carboxylic acid groups (broad SMARTS) is 1. The summed E-state index contributed by atoms with van der Waals surface area (Å²) >= 11 is 0. The average molecular weight is 371 g/mol. The first-order valence-electron chi connectivity index (χ1n) is 9.27. The minimum Gasteiger partial charge on any atom is -0.478 e. The Morgan fingerprint density at radius 3 is 2.67 bits per heavy atom. The fraction of sp³-hybridized carbons (Fsp3) is 0.550. The van der Waals surface area contributed by atoms with Crippen LogP contribution in [0.25, 0.3) is 0 Å². The van der Waals surface area contributed by atoms with Crippen molar-refractivity contribution in [3.8, 4) is 11.8 Å². The molecule has 0 aromatic heterocycles. The highest BCUT2D eigenvalue weighted by Crippen LogP contribution is 2.30. The van der Waals surface area contributed by atoms with E-state index in [-0.39, 0.29) is 23.9 Å². The summed E-state index contributed by atoms with van der Waals surface area (Å²) in [5, 5.41) is 21.6. The molecule has 1 aromatic carbocycles. The molecule has 0 unspecified atom stereocenters. The molecule has 2 aliphatic rings. The van der Waals surface area contributed by atoms with Gasteiger partial charge in [0.15, 0.2) is 5.60 Å². The Kier molecular flexibility index (Phi) is 5.38. The van der Waals surface area contributed by atoms with Gasteiger partial charge in [0.1, 0.15) is 11.8 Å². The molecule has 144 valence electrons. The van der Waals surface area contributed by atoms with Crippen LogP contribution in [0.5, 0.6) is 5.75 Å². The molecule has 1 amide bonds. The number of likely N-dealkylation sites (tertiary alicyclic amines) is 1. The van der Waals surface area contributed by atoms with Crippen LogP contribution < -0.4 is 10.1 Å². The summed E-state index contributed by atoms with van der Waals surface area (Å²) in [5.74, 6) is -0.308. The Balaban J connectivity index is 1.61. The molecule has 3 rings (SSSR count). The van der Waals surface area contributed by atoms with Gasteiger partial charge in [-0.15, -0.1) is 0 Å². The summed E-state index contributed by atoms with van der Waals surface area (Å²) in [5.41, 5.74) is -0.211. The second-order valence-corrected chi connectivity index (χ2v) is 7.70. The molecule has 7 heteroatoms. The van der Waals surface area contributed by atoms with E-state index in [1.165, 1.54) is 13.8 Å². The number of aliphatic carboxylic acids is 1. The molecule has 0 saturated carbocycles. The summed E-state index contributed by atoms with van der Waals surface area (Å²) in [4.78, 5) is 25.6. The molecule has 27 heavy (non-hydrogen) atoms. The highest BCUT2D eigenvalue weighted by molar-refractivity contribution is 5.83. The van der Waals surface area contributed by atoms with Crippen LogP contribution in [0.2, 0.25) is 0 Å². The van der Waals surface area contributed by atoms with Gasteiger partial charge in [0.2, 0.25) is 5.91 Å². The number of amides is 1. The molecule has 2 fully saturated rings. The lowest BCUT2D eigenvalue weighted by molar-refractivity contribution is -0.152. The van der Waals surface area contributed by atoms with Crippen LogP contribution in [-0.4, -0.2) is 52.7 Å². The zero-order chi connectivity index (χ0) is 19.6. The lowest BCUT2D eigenvalue weighted by Crippen LogP contribution is -2.45. The van der Waals surface area contributed by atoms with Crippen LogP contribution in [-0.2, 0) is 9.59 Å². The number of hydrogen-bond donors (Lipinski definition) is 2. The maximum atomic E-state index is 12.7. The molecule has 2 aliphatic heterocycles. The van der Waals surface area contributed by atoms with E-state index in [0.29, 0.717) is 25.3 Å². The van der Waals surface area contributed by atoms with Gasteiger partial charge in [-0.1, -0.05) is 12.1 Å². The predicted octanol–water partition coefficient (Wildman–Crippen LogP) is 1.89. The van der Waals surface area contributed by atoms with Crippen molar-refractivity contribution in [1.29, 1.82) is 5.26 Å². The summed E-state index contributed by atoms with van der Waals surface area (Å²) < 4.78 is 5.53. The third kappa shape index (κ3) is 4.06. The van der Waals surface area contributed by atoms with E-state index >= 15 is 0 Å². The molecule has 0 bridgehead atoms. The van der Waals surface area contributed by atoms with Gasteiger partial charge in [0.25, 0.3) is 0 Å². The molecule has 2 saturated heterocycles. The Morgan fingerprint density at radius 1 is 1.33 bits per heavy atom. The number of nitriles is 1. The monoisotopic (exact) mass is 371 g/mol. The molecular formula is C20H25N3O4. The fourth-order valence-corrected chi connectivity index (χ4v) is 3.69. The SMILES string of the molecule is CC(C)(Oc1ccc([C@@H]2CN[C@H](C(=O)N3CCC[C@H]3C#N)C2)cc1)C(=O)O. The Labute approximate surface area is 158 Å². The van der Waals surface area contributed by atoms with E-state index in [4.69, 9.17) is 9.84 Å². The second-order valence-electron chi connectivity index (χ2n) is 7.70. The first-order valence-corrected chi connectivity index (χ1v) is 9.27. The molecule has 2 heterocycles. The van der Waals surface area contributed by atoms with Crippen LogP contribution in [0.3, 0.4) is 0 Å². The van der Waals surface area contributed by atoms with Crippen molar-refractivity contribution >= 4 is 11.9 Å². The lowest BCUT2D eigenvalue weighted by Gasteiger charge is -2.23. The molecule has 1 aromatic rings. The van der Waals surface area contributed by atoms with Crippen LogP contribution in [0, 0.1) is 11.3 Å². The summed E-state index contributed by atoms with van der Waals surface area (Å²) in [7, 11) is 0. The molecule has 0 radical (unpaired) electrons. The largest absolute Gasteiger partial charge is 0.478 e. The standard InChI is InChI=1S/C20H25N3O4/c1-20(2,19(25)26)27-16-7-5-13(6-8-16)14-10-17(22-12-14)18(24)23-9-3-4-15(23)11-21/h5-8,14-15,17,22H,3-4,9-10,12H2,1-2H3,(H,25,26)/t14-,15-,17-/m0/s1. The van der Waals surface area contributed by atoms with Gasteiger partial charge < -0.3 is 20.1 Å². The van der Waals surface area contributed by atoms with Gasteiger partial charge in [0, 0.05) is 13.1 Å². The van der Waals surface area contributed by atoms with Crippen molar-refractivity contribution in [1.82, 2.24) is 10.2 Å². The predicted molar refractivity (Wildman–Crippen MR) is 98.3 cm³/mol. The van der Waals surface area contributed by atoms with Gasteiger partial charge >= 0.3 is 5.97 Å². The second kappa shape index (κ2) is 7.57. The molecule has 7 nitrogen and oxygen atoms in total. The Bertz CT molecular complexity index is 753. The van der Waals surface area contributed by atoms with E-state index in [0.717, 1.165) is 18.4 Å². The minimum atomic E-state index is -1.29. The third-order valence-corrected chi connectivity index (χ3v) is 5.35. The molecule has 3 atom stereocenters. The number of benzene rings is 1. The van der Waals surface area contributed by atoms with E-state index in [2.05, 4.69) is 11.4 Å². The van der Waals surface area contributed by atoms with Crippen LogP contribution in [0.1, 0.15) is 44.6 Å². The lowest BCUT2D eigenvalue weighted by atomic mass is 9.96. The average Bonchev–Trinajstić information content (AvgIpc) is 3.31.